The largest absolute Gasteiger partial charge is 0.507 e. The number of aliphatic hydroxyl groups excluding tert-OH is 1. The van der Waals surface area contributed by atoms with E-state index in [0.29, 0.717) is 32.1 Å². The molecule has 1 amide bonds. The highest BCUT2D eigenvalue weighted by Gasteiger charge is 2.29. The molecule has 54 heavy (non-hydrogen) atoms. The topological polar surface area (TPSA) is 246 Å². The van der Waals surface area contributed by atoms with Crippen LogP contribution in [-0.4, -0.2) is 85.7 Å². The fraction of sp³-hybridized carbons (Fsp3) is 0.462. The number of phenolic OH excluding ortho intramolecular Hbond substituents is 3. The number of carbonyl (C=O) groups is 5. The number of ether oxygens (including phenoxy) is 3. The number of hydrogen-bond acceptors (Lipinski definition) is 12. The molecule has 3 unspecified atom stereocenters. The SMILES string of the molecule is C/C1=C/C=C/C(C(C)OC(=O)[C@@H](C)CC(=O)O)CCC(O)CC[C@H](C)C/C=C/OCC(=O)c2c(O)c(C)c(O)c3c(O)c(cc(OCC(=O)O)c23)NC1=O. The van der Waals surface area contributed by atoms with Crippen molar-refractivity contribution in [1.82, 2.24) is 0 Å². The number of carboxylic acids is 2. The van der Waals surface area contributed by atoms with Crippen LogP contribution in [0.3, 0.4) is 0 Å². The number of aromatic hydroxyl groups is 3. The van der Waals surface area contributed by atoms with E-state index in [1.165, 1.54) is 33.1 Å². The third kappa shape index (κ3) is 11.5. The van der Waals surface area contributed by atoms with E-state index in [-0.39, 0.29) is 33.9 Å². The van der Waals surface area contributed by atoms with Crippen LogP contribution in [-0.2, 0) is 28.7 Å². The van der Waals surface area contributed by atoms with Crippen molar-refractivity contribution < 1.29 is 68.8 Å². The highest BCUT2D eigenvalue weighted by molar-refractivity contribution is 6.18. The molecule has 2 aromatic carbocycles. The average Bonchev–Trinajstić information content (AvgIpc) is 3.10. The Morgan fingerprint density at radius 2 is 1.65 bits per heavy atom. The zero-order chi connectivity index (χ0) is 40.3. The van der Waals surface area contributed by atoms with Gasteiger partial charge in [-0.2, -0.15) is 0 Å². The van der Waals surface area contributed by atoms with E-state index in [1.807, 2.05) is 6.92 Å². The van der Waals surface area contributed by atoms with Crippen molar-refractivity contribution >= 4 is 46.1 Å². The molecular weight excluding hydrogens is 706 g/mol. The number of benzene rings is 2. The predicted octanol–water partition coefficient (Wildman–Crippen LogP) is 5.50. The Hall–Kier alpha value is -5.57. The third-order valence-electron chi connectivity index (χ3n) is 9.20. The maximum atomic E-state index is 13.5. The Morgan fingerprint density at radius 3 is 2.31 bits per heavy atom. The van der Waals surface area contributed by atoms with Gasteiger partial charge in [0.1, 0.15) is 23.4 Å². The molecule has 15 heteroatoms. The molecule has 0 spiro atoms. The molecule has 15 nitrogen and oxygen atoms in total. The molecule has 5 atom stereocenters. The first-order chi connectivity index (χ1) is 25.4. The summed E-state index contributed by atoms with van der Waals surface area (Å²) in [7, 11) is 0. The van der Waals surface area contributed by atoms with Gasteiger partial charge in [-0.25, -0.2) is 4.79 Å². The molecule has 4 rings (SSSR count). The van der Waals surface area contributed by atoms with Crippen molar-refractivity contribution in [3.8, 4) is 23.0 Å². The Morgan fingerprint density at radius 1 is 0.963 bits per heavy atom. The number of ketones is 1. The summed E-state index contributed by atoms with van der Waals surface area (Å²) in [5.74, 6) is -8.28. The number of aliphatic hydroxyl groups is 1. The molecule has 2 aliphatic heterocycles. The number of Topliss-reactive ketones (excluding diaryl/α,β-unsaturated/α-hetero) is 1. The first-order valence-corrected chi connectivity index (χ1v) is 17.6. The Labute approximate surface area is 312 Å². The van der Waals surface area contributed by atoms with Crippen molar-refractivity contribution in [1.29, 1.82) is 0 Å². The number of amides is 1. The van der Waals surface area contributed by atoms with Crippen LogP contribution in [0, 0.1) is 24.7 Å². The van der Waals surface area contributed by atoms with Gasteiger partial charge in [0.25, 0.3) is 5.91 Å². The summed E-state index contributed by atoms with van der Waals surface area (Å²) >= 11 is 0. The number of nitrogens with one attached hydrogen (secondary N) is 1. The number of carbonyl (C=O) groups excluding carboxylic acids is 3. The molecule has 2 aliphatic rings. The average molecular weight is 756 g/mol. The molecule has 0 aliphatic carbocycles. The molecule has 2 heterocycles. The number of phenols is 3. The number of allylic oxidation sites excluding steroid dienone is 3. The van der Waals surface area contributed by atoms with E-state index in [9.17, 15) is 49.5 Å². The third-order valence-corrected chi connectivity index (χ3v) is 9.20. The van der Waals surface area contributed by atoms with Crippen LogP contribution in [0.15, 0.2) is 42.2 Å². The summed E-state index contributed by atoms with van der Waals surface area (Å²) in [6, 6.07) is 1.07. The summed E-state index contributed by atoms with van der Waals surface area (Å²) in [5.41, 5.74) is -0.790. The van der Waals surface area contributed by atoms with Crippen LogP contribution >= 0.6 is 0 Å². The highest BCUT2D eigenvalue weighted by Crippen LogP contribution is 2.50. The first-order valence-electron chi connectivity index (χ1n) is 17.6. The van der Waals surface area contributed by atoms with Crippen molar-refractivity contribution in [2.75, 3.05) is 18.5 Å². The number of hydrogen-bond donors (Lipinski definition) is 7. The van der Waals surface area contributed by atoms with Gasteiger partial charge in [0, 0.05) is 28.5 Å². The van der Waals surface area contributed by atoms with E-state index < -0.39 is 101 Å². The van der Waals surface area contributed by atoms with Crippen LogP contribution < -0.4 is 10.1 Å². The summed E-state index contributed by atoms with van der Waals surface area (Å²) in [6.07, 6.45) is 8.34. The Kier molecular flexibility index (Phi) is 15.5. The standard InChI is InChI=1S/C39H49NO14/c1-20-8-7-15-52-18-28(42)32-33-29(53-19-31(45)46)17-27(37(49)34(33)36(48)23(4)35(32)47)40-38(50)21(2)9-6-10-25(12-14-26(41)13-11-20)24(5)54-39(51)22(3)16-30(43)44/h6-7,9-10,15,17,20,22,24-26,41,47-49H,8,11-14,16,18-19H2,1-5H3,(H,40,50)(H,43,44)(H,45,46)/b10-6+,15-7+,21-9-/t20-,22+,24?,25?,26?/m1/s1. The molecular formula is C39H49NO14. The van der Waals surface area contributed by atoms with Crippen molar-refractivity contribution in [3.05, 3.63) is 53.3 Å². The molecule has 0 fully saturated rings. The van der Waals surface area contributed by atoms with Crippen molar-refractivity contribution in [2.45, 2.75) is 85.4 Å². The van der Waals surface area contributed by atoms with Gasteiger partial charge >= 0.3 is 17.9 Å². The minimum absolute atomic E-state index is 0.116. The molecule has 4 bridgehead atoms. The molecule has 7 N–H and O–H groups in total. The van der Waals surface area contributed by atoms with Crippen LogP contribution in [0.5, 0.6) is 23.0 Å². The normalized spacial score (nSPS) is 22.5. The monoisotopic (exact) mass is 755 g/mol. The maximum absolute atomic E-state index is 13.5. The number of rotatable bonds is 8. The fourth-order valence-electron chi connectivity index (χ4n) is 5.89. The summed E-state index contributed by atoms with van der Waals surface area (Å²) in [6.45, 7) is 6.35. The molecule has 0 radical (unpaired) electrons. The molecule has 0 aromatic heterocycles. The second kappa shape index (κ2) is 19.5. The number of anilines is 1. The number of aliphatic carboxylic acids is 2. The Bertz CT molecular complexity index is 1830. The van der Waals surface area contributed by atoms with E-state index in [0.717, 1.165) is 6.07 Å². The minimum Gasteiger partial charge on any atom is -0.507 e. The lowest BCUT2D eigenvalue weighted by Crippen LogP contribution is -2.28. The number of fused-ring (bicyclic) bond motifs is 16. The van der Waals surface area contributed by atoms with Gasteiger partial charge in [-0.3, -0.25) is 19.2 Å². The van der Waals surface area contributed by atoms with Gasteiger partial charge in [-0.1, -0.05) is 32.1 Å². The van der Waals surface area contributed by atoms with Crippen molar-refractivity contribution in [2.24, 2.45) is 17.8 Å². The minimum atomic E-state index is -1.39. The van der Waals surface area contributed by atoms with Gasteiger partial charge in [0.05, 0.1) is 41.3 Å². The zero-order valence-electron chi connectivity index (χ0n) is 31.0. The van der Waals surface area contributed by atoms with Crippen LogP contribution in [0.2, 0.25) is 0 Å². The Balaban J connectivity index is 2.11. The fourth-order valence-corrected chi connectivity index (χ4v) is 5.89. The van der Waals surface area contributed by atoms with E-state index in [2.05, 4.69) is 5.32 Å². The highest BCUT2D eigenvalue weighted by atomic mass is 16.5. The van der Waals surface area contributed by atoms with Crippen LogP contribution in [0.1, 0.15) is 82.1 Å². The van der Waals surface area contributed by atoms with Crippen LogP contribution in [0.25, 0.3) is 10.8 Å². The van der Waals surface area contributed by atoms with E-state index in [1.54, 1.807) is 25.2 Å². The molecule has 0 saturated heterocycles. The zero-order valence-corrected chi connectivity index (χ0v) is 31.0. The van der Waals surface area contributed by atoms with Gasteiger partial charge in [0.2, 0.25) is 5.78 Å². The summed E-state index contributed by atoms with van der Waals surface area (Å²) in [5, 5.41) is 64.4. The summed E-state index contributed by atoms with van der Waals surface area (Å²) in [4.78, 5) is 62.0. The quantitative estimate of drug-likeness (QED) is 0.130. The second-order valence-electron chi connectivity index (χ2n) is 13.6. The molecule has 294 valence electrons. The second-order valence-corrected chi connectivity index (χ2v) is 13.6. The first kappa shape index (κ1) is 42.8. The number of carboxylic acid groups (broad SMARTS) is 2. The summed E-state index contributed by atoms with van der Waals surface area (Å²) < 4.78 is 16.5. The predicted molar refractivity (Wildman–Crippen MR) is 196 cm³/mol. The van der Waals surface area contributed by atoms with Gasteiger partial charge < -0.3 is 50.2 Å². The van der Waals surface area contributed by atoms with Gasteiger partial charge in [0.15, 0.2) is 19.0 Å². The smallest absolute Gasteiger partial charge is 0.341 e. The van der Waals surface area contributed by atoms with E-state index in [4.69, 9.17) is 19.3 Å². The van der Waals surface area contributed by atoms with E-state index >= 15 is 0 Å². The lowest BCUT2D eigenvalue weighted by atomic mass is 9.92. The van der Waals surface area contributed by atoms with Gasteiger partial charge in [-0.05, 0) is 64.9 Å². The number of esters is 1. The molecule has 0 saturated carbocycles. The van der Waals surface area contributed by atoms with Crippen LogP contribution in [0.4, 0.5) is 5.69 Å². The van der Waals surface area contributed by atoms with Crippen molar-refractivity contribution in [3.63, 3.8) is 0 Å². The molecule has 2 aromatic rings. The lowest BCUT2D eigenvalue weighted by molar-refractivity contribution is -0.157. The lowest BCUT2D eigenvalue weighted by Gasteiger charge is -2.24. The van der Waals surface area contributed by atoms with Gasteiger partial charge in [-0.15, -0.1) is 0 Å². The maximum Gasteiger partial charge on any atom is 0.341 e.